The van der Waals surface area contributed by atoms with E-state index in [1.54, 1.807) is 12.3 Å². The van der Waals surface area contributed by atoms with Crippen LogP contribution in [0, 0.1) is 0 Å². The van der Waals surface area contributed by atoms with Crippen molar-refractivity contribution in [3.05, 3.63) is 23.9 Å². The molecule has 0 radical (unpaired) electrons. The molecule has 4 heteroatoms. The van der Waals surface area contributed by atoms with Gasteiger partial charge in [0.05, 0.1) is 5.69 Å². The van der Waals surface area contributed by atoms with Crippen LogP contribution in [0.2, 0.25) is 0 Å². The maximum Gasteiger partial charge on any atom is 0.146 e. The van der Waals surface area contributed by atoms with E-state index < -0.39 is 0 Å². The van der Waals surface area contributed by atoms with Gasteiger partial charge in [-0.2, -0.15) is 12.6 Å². The second-order valence-electron chi connectivity index (χ2n) is 2.33. The predicted octanol–water partition coefficient (Wildman–Crippen LogP) is 1.19. The van der Waals surface area contributed by atoms with Crippen LogP contribution in [0.25, 0.3) is 6.08 Å². The van der Waals surface area contributed by atoms with Crippen LogP contribution in [0.5, 0.6) is 0 Å². The van der Waals surface area contributed by atoms with Crippen molar-refractivity contribution in [3.63, 3.8) is 0 Å². The van der Waals surface area contributed by atoms with Crippen molar-refractivity contribution >= 4 is 30.2 Å². The third-order valence-corrected chi connectivity index (χ3v) is 1.60. The molecule has 0 aromatic carbocycles. The van der Waals surface area contributed by atoms with E-state index in [0.717, 1.165) is 5.56 Å². The molecule has 0 amide bonds. The molecule has 0 saturated carbocycles. The summed E-state index contributed by atoms with van der Waals surface area (Å²) in [7, 11) is 0. The maximum absolute atomic E-state index is 5.55. The third kappa shape index (κ3) is 2.17. The van der Waals surface area contributed by atoms with Crippen molar-refractivity contribution < 1.29 is 0 Å². The first-order valence-corrected chi connectivity index (χ1v) is 4.15. The summed E-state index contributed by atoms with van der Waals surface area (Å²) >= 11 is 4.03. The van der Waals surface area contributed by atoms with E-state index >= 15 is 0 Å². The molecule has 4 N–H and O–H groups in total. The topological polar surface area (TPSA) is 64.9 Å². The Labute approximate surface area is 76.9 Å². The van der Waals surface area contributed by atoms with Gasteiger partial charge >= 0.3 is 0 Å². The fourth-order valence-corrected chi connectivity index (χ4v) is 0.895. The van der Waals surface area contributed by atoms with Crippen molar-refractivity contribution in [1.82, 2.24) is 4.98 Å². The van der Waals surface area contributed by atoms with E-state index in [1.807, 2.05) is 12.2 Å². The molecule has 1 heterocycles. The third-order valence-electron chi connectivity index (χ3n) is 1.39. The highest BCUT2D eigenvalue weighted by molar-refractivity contribution is 7.80. The highest BCUT2D eigenvalue weighted by atomic mass is 32.1. The van der Waals surface area contributed by atoms with E-state index in [1.165, 1.54) is 0 Å². The van der Waals surface area contributed by atoms with Gasteiger partial charge in [0.2, 0.25) is 0 Å². The lowest BCUT2D eigenvalue weighted by atomic mass is 10.2. The number of hydrogen-bond acceptors (Lipinski definition) is 4. The minimum Gasteiger partial charge on any atom is -0.396 e. The molecule has 0 aliphatic heterocycles. The van der Waals surface area contributed by atoms with Gasteiger partial charge in [0.25, 0.3) is 0 Å². The van der Waals surface area contributed by atoms with E-state index in [2.05, 4.69) is 17.6 Å². The van der Waals surface area contributed by atoms with Crippen molar-refractivity contribution in [1.29, 1.82) is 0 Å². The van der Waals surface area contributed by atoms with Crippen LogP contribution in [0.3, 0.4) is 0 Å². The zero-order valence-corrected chi connectivity index (χ0v) is 7.46. The summed E-state index contributed by atoms with van der Waals surface area (Å²) < 4.78 is 0. The molecular formula is C8H11N3S. The molecule has 0 fully saturated rings. The maximum atomic E-state index is 5.55. The normalized spacial score (nSPS) is 10.8. The molecule has 3 nitrogen and oxygen atoms in total. The van der Waals surface area contributed by atoms with Gasteiger partial charge in [0, 0.05) is 11.9 Å². The number of thiol groups is 1. The first-order valence-electron chi connectivity index (χ1n) is 3.52. The summed E-state index contributed by atoms with van der Waals surface area (Å²) in [5, 5.41) is 0. The minimum absolute atomic E-state index is 0.373. The molecule has 0 atom stereocenters. The Morgan fingerprint density at radius 3 is 2.83 bits per heavy atom. The molecular weight excluding hydrogens is 170 g/mol. The molecule has 0 bridgehead atoms. The van der Waals surface area contributed by atoms with E-state index in [4.69, 9.17) is 11.5 Å². The summed E-state index contributed by atoms with van der Waals surface area (Å²) in [5.74, 6) is 1.07. The summed E-state index contributed by atoms with van der Waals surface area (Å²) in [5.41, 5.74) is 12.4. The van der Waals surface area contributed by atoms with Crippen LogP contribution in [-0.4, -0.2) is 10.7 Å². The molecule has 64 valence electrons. The first kappa shape index (κ1) is 8.93. The molecule has 1 aromatic heterocycles. The lowest BCUT2D eigenvalue weighted by molar-refractivity contribution is 1.33. The Bertz CT molecular complexity index is 296. The summed E-state index contributed by atoms with van der Waals surface area (Å²) in [4.78, 5) is 3.91. The average Bonchev–Trinajstić information content (AvgIpc) is 2.07. The number of anilines is 2. The molecule has 0 spiro atoms. The Balaban J connectivity index is 2.89. The van der Waals surface area contributed by atoms with Crippen LogP contribution in [-0.2, 0) is 0 Å². The highest BCUT2D eigenvalue weighted by Crippen LogP contribution is 2.13. The van der Waals surface area contributed by atoms with E-state index in [0.29, 0.717) is 17.3 Å². The molecule has 0 aliphatic carbocycles. The smallest absolute Gasteiger partial charge is 0.146 e. The van der Waals surface area contributed by atoms with Gasteiger partial charge < -0.3 is 11.5 Å². The number of rotatable bonds is 2. The zero-order valence-electron chi connectivity index (χ0n) is 6.57. The van der Waals surface area contributed by atoms with Crippen LogP contribution in [0.4, 0.5) is 11.5 Å². The summed E-state index contributed by atoms with van der Waals surface area (Å²) in [6.45, 7) is 0. The number of hydrogen-bond donors (Lipinski definition) is 3. The number of nitrogens with two attached hydrogens (primary N) is 2. The predicted molar refractivity (Wildman–Crippen MR) is 55.9 cm³/mol. The van der Waals surface area contributed by atoms with Gasteiger partial charge in [-0.15, -0.1) is 0 Å². The Hall–Kier alpha value is -1.16. The van der Waals surface area contributed by atoms with Gasteiger partial charge in [-0.05, 0) is 11.6 Å². The Morgan fingerprint density at radius 1 is 1.50 bits per heavy atom. The zero-order chi connectivity index (χ0) is 8.97. The molecule has 12 heavy (non-hydrogen) atoms. The monoisotopic (exact) mass is 181 g/mol. The lowest BCUT2D eigenvalue weighted by Gasteiger charge is -1.98. The molecule has 0 unspecified atom stereocenters. The number of pyridine rings is 1. The van der Waals surface area contributed by atoms with Crippen LogP contribution in [0.15, 0.2) is 18.3 Å². The van der Waals surface area contributed by atoms with Gasteiger partial charge in [0.1, 0.15) is 5.82 Å². The lowest BCUT2D eigenvalue weighted by Crippen LogP contribution is -1.97. The highest BCUT2D eigenvalue weighted by Gasteiger charge is 1.94. The van der Waals surface area contributed by atoms with Crippen molar-refractivity contribution in [2.75, 3.05) is 17.2 Å². The molecule has 1 aromatic rings. The summed E-state index contributed by atoms with van der Waals surface area (Å²) in [6.07, 6.45) is 5.48. The van der Waals surface area contributed by atoms with E-state index in [-0.39, 0.29) is 0 Å². The van der Waals surface area contributed by atoms with Gasteiger partial charge in [-0.3, -0.25) is 0 Å². The number of nitrogens with zero attached hydrogens (tertiary/aromatic N) is 1. The first-order chi connectivity index (χ1) is 5.74. The number of aromatic nitrogens is 1. The number of nitrogen functional groups attached to an aromatic ring is 2. The Morgan fingerprint density at radius 2 is 2.25 bits per heavy atom. The van der Waals surface area contributed by atoms with Crippen LogP contribution >= 0.6 is 12.6 Å². The van der Waals surface area contributed by atoms with Crippen molar-refractivity contribution in [3.8, 4) is 0 Å². The van der Waals surface area contributed by atoms with Crippen molar-refractivity contribution in [2.24, 2.45) is 0 Å². The molecule has 0 aliphatic rings. The largest absolute Gasteiger partial charge is 0.396 e. The Kier molecular flexibility index (Phi) is 2.99. The van der Waals surface area contributed by atoms with Gasteiger partial charge in [-0.1, -0.05) is 12.2 Å². The molecule has 1 rings (SSSR count). The second-order valence-corrected chi connectivity index (χ2v) is 2.69. The summed E-state index contributed by atoms with van der Waals surface area (Å²) in [6, 6.07) is 1.78. The van der Waals surface area contributed by atoms with Crippen LogP contribution < -0.4 is 11.5 Å². The quantitative estimate of drug-likeness (QED) is 0.600. The minimum atomic E-state index is 0.373. The fourth-order valence-electron chi connectivity index (χ4n) is 0.789. The molecule has 0 saturated heterocycles. The second kappa shape index (κ2) is 4.01. The van der Waals surface area contributed by atoms with Crippen molar-refractivity contribution in [2.45, 2.75) is 0 Å². The van der Waals surface area contributed by atoms with Gasteiger partial charge in [-0.25, -0.2) is 4.98 Å². The van der Waals surface area contributed by atoms with Crippen LogP contribution in [0.1, 0.15) is 5.56 Å². The standard InChI is InChI=1S/C8H11N3S/c9-7-4-6(2-1-3-12)5-11-8(7)10/h1-2,4-5,12H,3,9H2,(H2,10,11). The van der Waals surface area contributed by atoms with E-state index in [9.17, 15) is 0 Å². The SMILES string of the molecule is Nc1cc(C=CCS)cnc1N. The fraction of sp³-hybridized carbons (Fsp3) is 0.125. The average molecular weight is 181 g/mol. The van der Waals surface area contributed by atoms with Gasteiger partial charge in [0.15, 0.2) is 0 Å².